The number of aliphatic hydroxyl groups excluding tert-OH is 2. The highest BCUT2D eigenvalue weighted by Gasteiger charge is 2.33. The summed E-state index contributed by atoms with van der Waals surface area (Å²) in [4.78, 5) is 29.2. The van der Waals surface area contributed by atoms with Gasteiger partial charge in [-0.25, -0.2) is 22.2 Å². The van der Waals surface area contributed by atoms with Crippen molar-refractivity contribution in [1.29, 1.82) is 0 Å². The number of halogens is 2. The van der Waals surface area contributed by atoms with Gasteiger partial charge in [-0.3, -0.25) is 14.3 Å². The number of aromatic nitrogens is 1. The summed E-state index contributed by atoms with van der Waals surface area (Å²) in [6.45, 7) is 1.44. The maximum atomic E-state index is 13.8. The van der Waals surface area contributed by atoms with Gasteiger partial charge in [-0.15, -0.1) is 11.3 Å². The van der Waals surface area contributed by atoms with E-state index >= 15 is 0 Å². The molecule has 10 nitrogen and oxygen atoms in total. The molecule has 0 aliphatic rings. The van der Waals surface area contributed by atoms with Crippen molar-refractivity contribution in [3.8, 4) is 0 Å². The zero-order valence-corrected chi connectivity index (χ0v) is 21.9. The SMILES string of the molecule is C[C@H](NC(=O)c1ccccc1)[C@@H](O)[C@H](O)[C@@H](Cc1cc(F)cc(F)c1)NC(=O)c1csc(NS(C)(=O)=O)n1. The van der Waals surface area contributed by atoms with E-state index in [1.807, 2.05) is 0 Å². The third-order valence-electron chi connectivity index (χ3n) is 5.37. The highest BCUT2D eigenvalue weighted by atomic mass is 32.2. The largest absolute Gasteiger partial charge is 0.388 e. The highest BCUT2D eigenvalue weighted by molar-refractivity contribution is 7.92. The van der Waals surface area contributed by atoms with Crippen LogP contribution >= 0.6 is 11.3 Å². The fraction of sp³-hybridized carbons (Fsp3) is 0.292. The summed E-state index contributed by atoms with van der Waals surface area (Å²) in [6.07, 6.45) is -2.69. The summed E-state index contributed by atoms with van der Waals surface area (Å²) < 4.78 is 52.5. The molecule has 0 bridgehead atoms. The molecule has 3 aromatic rings. The van der Waals surface area contributed by atoms with E-state index < -0.39 is 57.8 Å². The number of anilines is 1. The summed E-state index contributed by atoms with van der Waals surface area (Å²) in [5.74, 6) is -3.10. The zero-order chi connectivity index (χ0) is 28.0. The van der Waals surface area contributed by atoms with Crippen molar-refractivity contribution in [2.45, 2.75) is 37.6 Å². The van der Waals surface area contributed by atoms with Crippen molar-refractivity contribution in [3.63, 3.8) is 0 Å². The Hall–Kier alpha value is -3.46. The molecule has 14 heteroatoms. The molecule has 0 radical (unpaired) electrons. The number of amides is 2. The summed E-state index contributed by atoms with van der Waals surface area (Å²) in [7, 11) is -3.64. The number of hydrogen-bond donors (Lipinski definition) is 5. The minimum atomic E-state index is -3.64. The molecule has 0 saturated heterocycles. The van der Waals surface area contributed by atoms with Crippen molar-refractivity contribution in [1.82, 2.24) is 15.6 Å². The molecule has 0 unspecified atom stereocenters. The quantitative estimate of drug-likeness (QED) is 0.235. The molecule has 2 amide bonds. The summed E-state index contributed by atoms with van der Waals surface area (Å²) in [5.41, 5.74) is 0.213. The number of aliphatic hydroxyl groups is 2. The third-order valence-corrected chi connectivity index (χ3v) is 6.82. The van der Waals surface area contributed by atoms with Gasteiger partial charge in [-0.05, 0) is 43.2 Å². The first-order chi connectivity index (χ1) is 17.8. The first-order valence-corrected chi connectivity index (χ1v) is 14.0. The summed E-state index contributed by atoms with van der Waals surface area (Å²) in [5, 5.41) is 28.0. The number of nitrogens with zero attached hydrogens (tertiary/aromatic N) is 1. The summed E-state index contributed by atoms with van der Waals surface area (Å²) >= 11 is 0.843. The predicted molar refractivity (Wildman–Crippen MR) is 137 cm³/mol. The molecule has 204 valence electrons. The van der Waals surface area contributed by atoms with Crippen LogP contribution in [0.5, 0.6) is 0 Å². The molecule has 0 saturated carbocycles. The van der Waals surface area contributed by atoms with Crippen LogP contribution in [0.3, 0.4) is 0 Å². The summed E-state index contributed by atoms with van der Waals surface area (Å²) in [6, 6.07) is 8.57. The van der Waals surface area contributed by atoms with E-state index in [1.54, 1.807) is 30.3 Å². The van der Waals surface area contributed by atoms with Gasteiger partial charge in [-0.1, -0.05) is 18.2 Å². The van der Waals surface area contributed by atoms with Crippen molar-refractivity contribution in [2.24, 2.45) is 0 Å². The molecule has 3 rings (SSSR count). The van der Waals surface area contributed by atoms with Crippen LogP contribution in [0.2, 0.25) is 0 Å². The molecule has 1 aromatic heterocycles. The number of nitrogens with one attached hydrogen (secondary N) is 3. The number of hydrogen-bond acceptors (Lipinski definition) is 8. The molecule has 4 atom stereocenters. The maximum absolute atomic E-state index is 13.8. The van der Waals surface area contributed by atoms with Gasteiger partial charge in [0.1, 0.15) is 29.5 Å². The molecule has 1 heterocycles. The number of benzene rings is 2. The van der Waals surface area contributed by atoms with E-state index in [-0.39, 0.29) is 22.8 Å². The number of carbonyl (C=O) groups is 2. The second kappa shape index (κ2) is 12.4. The Morgan fingerprint density at radius 3 is 2.24 bits per heavy atom. The van der Waals surface area contributed by atoms with E-state index in [0.717, 1.165) is 29.7 Å². The van der Waals surface area contributed by atoms with E-state index in [1.165, 1.54) is 12.3 Å². The lowest BCUT2D eigenvalue weighted by Crippen LogP contribution is -2.55. The molecule has 38 heavy (non-hydrogen) atoms. The van der Waals surface area contributed by atoms with Gasteiger partial charge >= 0.3 is 0 Å². The van der Waals surface area contributed by atoms with E-state index in [9.17, 15) is 37.0 Å². The van der Waals surface area contributed by atoms with Gasteiger partial charge in [0, 0.05) is 17.0 Å². The lowest BCUT2D eigenvalue weighted by molar-refractivity contribution is -0.0188. The van der Waals surface area contributed by atoms with Gasteiger partial charge in [0.05, 0.1) is 18.3 Å². The van der Waals surface area contributed by atoms with Crippen molar-refractivity contribution >= 4 is 38.3 Å². The lowest BCUT2D eigenvalue weighted by atomic mass is 9.94. The number of rotatable bonds is 11. The topological polar surface area (TPSA) is 158 Å². The highest BCUT2D eigenvalue weighted by Crippen LogP contribution is 2.19. The molecule has 5 N–H and O–H groups in total. The van der Waals surface area contributed by atoms with Crippen molar-refractivity contribution in [2.75, 3.05) is 11.0 Å². The van der Waals surface area contributed by atoms with Crippen LogP contribution in [0, 0.1) is 11.6 Å². The Morgan fingerprint density at radius 2 is 1.63 bits per heavy atom. The molecule has 0 aliphatic carbocycles. The molecule has 0 aliphatic heterocycles. The van der Waals surface area contributed by atoms with Crippen LogP contribution in [0.25, 0.3) is 0 Å². The van der Waals surface area contributed by atoms with E-state index in [4.69, 9.17) is 0 Å². The van der Waals surface area contributed by atoms with Crippen LogP contribution in [-0.2, 0) is 16.4 Å². The van der Waals surface area contributed by atoms with Gasteiger partial charge in [0.15, 0.2) is 5.13 Å². The van der Waals surface area contributed by atoms with E-state index in [0.29, 0.717) is 11.6 Å². The average molecular weight is 569 g/mol. The Morgan fingerprint density at radius 1 is 1.00 bits per heavy atom. The lowest BCUT2D eigenvalue weighted by Gasteiger charge is -2.31. The third kappa shape index (κ3) is 8.28. The van der Waals surface area contributed by atoms with E-state index in [2.05, 4.69) is 20.3 Å². The van der Waals surface area contributed by atoms with Gasteiger partial charge < -0.3 is 20.8 Å². The first kappa shape index (κ1) is 29.1. The number of sulfonamides is 1. The Bertz CT molecular complexity index is 1370. The average Bonchev–Trinajstić information content (AvgIpc) is 3.29. The molecular weight excluding hydrogens is 542 g/mol. The van der Waals surface area contributed by atoms with Crippen LogP contribution in [0.15, 0.2) is 53.9 Å². The predicted octanol–water partition coefficient (Wildman–Crippen LogP) is 1.67. The minimum absolute atomic E-state index is 0.0702. The zero-order valence-electron chi connectivity index (χ0n) is 20.3. The van der Waals surface area contributed by atoms with Crippen LogP contribution < -0.4 is 15.4 Å². The second-order valence-electron chi connectivity index (χ2n) is 8.58. The van der Waals surface area contributed by atoms with Crippen molar-refractivity contribution < 1.29 is 37.0 Å². The van der Waals surface area contributed by atoms with Crippen LogP contribution in [0.1, 0.15) is 33.3 Å². The molecule has 0 spiro atoms. The minimum Gasteiger partial charge on any atom is -0.388 e. The van der Waals surface area contributed by atoms with Crippen molar-refractivity contribution in [3.05, 3.63) is 82.4 Å². The second-order valence-corrected chi connectivity index (χ2v) is 11.2. The normalized spacial score (nSPS) is 14.7. The molecular formula is C24H26F2N4O6S2. The monoisotopic (exact) mass is 568 g/mol. The molecule has 0 fully saturated rings. The van der Waals surface area contributed by atoms with Gasteiger partial charge in [0.25, 0.3) is 11.8 Å². The van der Waals surface area contributed by atoms with Gasteiger partial charge in [0.2, 0.25) is 10.0 Å². The van der Waals surface area contributed by atoms with Crippen LogP contribution in [0.4, 0.5) is 13.9 Å². The first-order valence-electron chi connectivity index (χ1n) is 11.2. The Labute approximate surface area is 221 Å². The van der Waals surface area contributed by atoms with Crippen LogP contribution in [-0.4, -0.2) is 66.0 Å². The number of thiazole rings is 1. The number of carbonyl (C=O) groups excluding carboxylic acids is 2. The Balaban J connectivity index is 1.80. The fourth-order valence-electron chi connectivity index (χ4n) is 3.56. The van der Waals surface area contributed by atoms with Gasteiger partial charge in [-0.2, -0.15) is 0 Å². The standard InChI is InChI=1S/C24H26F2N4O6S2/c1-13(27-22(33)15-6-4-3-5-7-15)20(31)21(32)18(10-14-8-16(25)11-17(26)9-14)28-23(34)19-12-37-24(29-19)30-38(2,35)36/h3-9,11-13,18,20-21,31-32H,10H2,1-2H3,(H,27,33)(H,28,34)(H,29,30)/t13-,18+,20+,21+/m0/s1. The smallest absolute Gasteiger partial charge is 0.271 e. The maximum Gasteiger partial charge on any atom is 0.271 e. The molecule has 2 aromatic carbocycles. The Kier molecular flexibility index (Phi) is 9.49. The fourth-order valence-corrected chi connectivity index (χ4v) is 5.11.